The normalized spacial score (nSPS) is 13.1. The summed E-state index contributed by atoms with van der Waals surface area (Å²) in [5.74, 6) is -3.14. The summed E-state index contributed by atoms with van der Waals surface area (Å²) in [6.07, 6.45) is 6.16. The predicted octanol–water partition coefficient (Wildman–Crippen LogP) is 4.39. The van der Waals surface area contributed by atoms with Gasteiger partial charge >= 0.3 is 11.9 Å². The van der Waals surface area contributed by atoms with Crippen molar-refractivity contribution in [1.82, 2.24) is 9.97 Å². The number of pyridine rings is 1. The van der Waals surface area contributed by atoms with Crippen LogP contribution >= 0.6 is 0 Å². The summed E-state index contributed by atoms with van der Waals surface area (Å²) in [4.78, 5) is 45.6. The summed E-state index contributed by atoms with van der Waals surface area (Å²) in [6.45, 7) is 3.73. The molecule has 0 radical (unpaired) electrons. The molecule has 2 heterocycles. The van der Waals surface area contributed by atoms with Gasteiger partial charge in [0.25, 0.3) is 5.78 Å². The lowest BCUT2D eigenvalue weighted by molar-refractivity contribution is -0.158. The van der Waals surface area contributed by atoms with Crippen molar-refractivity contribution in [3.8, 4) is 0 Å². The Morgan fingerprint density at radius 1 is 0.974 bits per heavy atom. The summed E-state index contributed by atoms with van der Waals surface area (Å²) in [5.41, 5.74) is 9.10. The number of hydrogen-bond donors (Lipinski definition) is 2. The fourth-order valence-electron chi connectivity index (χ4n) is 4.55. The molecule has 4 rings (SSSR count). The van der Waals surface area contributed by atoms with E-state index < -0.39 is 35.3 Å². The Balaban J connectivity index is 1.61. The first-order chi connectivity index (χ1) is 18.2. The number of rotatable bonds is 10. The molecule has 2 aromatic carbocycles. The second kappa shape index (κ2) is 11.4. The van der Waals surface area contributed by atoms with Crippen LogP contribution < -0.4 is 5.73 Å². The maximum absolute atomic E-state index is 13.1. The van der Waals surface area contributed by atoms with Crippen LogP contribution in [0.2, 0.25) is 0 Å². The summed E-state index contributed by atoms with van der Waals surface area (Å²) in [5, 5.41) is 0.660. The molecule has 0 spiro atoms. The number of Topliss-reactive ketones (excluding diaryl/α,β-unsaturated/α-hetero) is 1. The first-order valence-corrected chi connectivity index (χ1v) is 12.4. The van der Waals surface area contributed by atoms with Gasteiger partial charge in [-0.3, -0.25) is 9.78 Å². The second-order valence-corrected chi connectivity index (χ2v) is 9.73. The van der Waals surface area contributed by atoms with E-state index in [1.54, 1.807) is 42.9 Å². The Bertz CT molecular complexity index is 1430. The van der Waals surface area contributed by atoms with E-state index in [0.29, 0.717) is 34.0 Å². The fourth-order valence-corrected chi connectivity index (χ4v) is 4.55. The smallest absolute Gasteiger partial charge is 0.375 e. The Hall–Kier alpha value is -4.30. The van der Waals surface area contributed by atoms with Crippen molar-refractivity contribution in [2.24, 2.45) is 5.73 Å². The van der Waals surface area contributed by atoms with E-state index in [0.717, 1.165) is 12.0 Å². The average Bonchev–Trinajstić information content (AvgIpc) is 3.36. The molecule has 0 aliphatic rings. The molecule has 0 bridgehead atoms. The average molecular weight is 514 g/mol. The summed E-state index contributed by atoms with van der Waals surface area (Å²) in [6, 6.07) is 17.6. The third-order valence-electron chi connectivity index (χ3n) is 6.60. The van der Waals surface area contributed by atoms with Crippen molar-refractivity contribution >= 4 is 28.6 Å². The zero-order valence-corrected chi connectivity index (χ0v) is 21.6. The number of ether oxygens (including phenoxy) is 2. The molecule has 8 heteroatoms. The summed E-state index contributed by atoms with van der Waals surface area (Å²) >= 11 is 0. The van der Waals surface area contributed by atoms with Crippen LogP contribution in [0.5, 0.6) is 0 Å². The summed E-state index contributed by atoms with van der Waals surface area (Å²) in [7, 11) is 1.17. The van der Waals surface area contributed by atoms with E-state index in [4.69, 9.17) is 15.2 Å². The number of nitrogens with two attached hydrogens (primary N) is 1. The van der Waals surface area contributed by atoms with Crippen molar-refractivity contribution in [2.45, 2.75) is 44.2 Å². The third kappa shape index (κ3) is 5.81. The van der Waals surface area contributed by atoms with Crippen LogP contribution in [0.3, 0.4) is 0 Å². The van der Waals surface area contributed by atoms with E-state index >= 15 is 0 Å². The minimum absolute atomic E-state index is 0.525. The number of esters is 2. The van der Waals surface area contributed by atoms with Gasteiger partial charge in [0.1, 0.15) is 11.6 Å². The molecule has 8 nitrogen and oxygen atoms in total. The molecular formula is C30H31N3O5. The molecule has 0 saturated heterocycles. The Morgan fingerprint density at radius 3 is 2.37 bits per heavy atom. The highest BCUT2D eigenvalue weighted by atomic mass is 16.6. The number of aromatic amines is 1. The lowest BCUT2D eigenvalue weighted by Gasteiger charge is -2.27. The minimum atomic E-state index is -1.06. The topological polar surface area (TPSA) is 124 Å². The van der Waals surface area contributed by atoms with Crippen LogP contribution in [-0.4, -0.2) is 40.4 Å². The lowest BCUT2D eigenvalue weighted by Crippen LogP contribution is -2.34. The largest absolute Gasteiger partial charge is 0.463 e. The van der Waals surface area contributed by atoms with Gasteiger partial charge in [-0.2, -0.15) is 0 Å². The molecule has 2 atom stereocenters. The number of benzene rings is 2. The van der Waals surface area contributed by atoms with E-state index in [1.807, 2.05) is 50.2 Å². The highest BCUT2D eigenvalue weighted by Gasteiger charge is 2.33. The maximum Gasteiger partial charge on any atom is 0.375 e. The quantitative estimate of drug-likeness (QED) is 0.238. The SMILES string of the molecule is COC(=O)C(=O)C(c1ccncc1)c1c[nH]c2c(C(N)C(=O)OC(C)(C)CCc3ccccc3)cccc12. The Kier molecular flexibility index (Phi) is 8.02. The number of nitrogens with one attached hydrogen (secondary N) is 1. The maximum atomic E-state index is 13.1. The number of nitrogens with zero attached hydrogens (tertiary/aromatic N) is 1. The molecule has 0 fully saturated rings. The molecule has 2 unspecified atom stereocenters. The van der Waals surface area contributed by atoms with Gasteiger partial charge in [-0.25, -0.2) is 9.59 Å². The van der Waals surface area contributed by atoms with Crippen LogP contribution in [0.25, 0.3) is 10.9 Å². The number of H-pyrrole nitrogens is 1. The highest BCUT2D eigenvalue weighted by Crippen LogP contribution is 2.35. The van der Waals surface area contributed by atoms with Crippen LogP contribution in [0.4, 0.5) is 0 Å². The predicted molar refractivity (Wildman–Crippen MR) is 143 cm³/mol. The first kappa shape index (κ1) is 26.8. The van der Waals surface area contributed by atoms with E-state index in [2.05, 4.69) is 9.97 Å². The molecule has 2 aromatic heterocycles. The van der Waals surface area contributed by atoms with Crippen molar-refractivity contribution < 1.29 is 23.9 Å². The third-order valence-corrected chi connectivity index (χ3v) is 6.60. The number of carbonyl (C=O) groups is 3. The number of aryl methyl sites for hydroxylation is 1. The first-order valence-electron chi connectivity index (χ1n) is 12.4. The van der Waals surface area contributed by atoms with Gasteiger partial charge in [-0.15, -0.1) is 0 Å². The molecule has 0 saturated carbocycles. The van der Waals surface area contributed by atoms with Crippen LogP contribution in [-0.2, 0) is 30.3 Å². The standard InChI is InChI=1S/C30H31N3O5/c1-30(2,15-12-19-8-5-4-6-9-19)38-28(35)25(31)22-11-7-10-21-23(18-33-26(21)22)24(27(34)29(36)37-3)20-13-16-32-17-14-20/h4-11,13-14,16-18,24-25,33H,12,15,31H2,1-3H3. The summed E-state index contributed by atoms with van der Waals surface area (Å²) < 4.78 is 10.5. The molecule has 38 heavy (non-hydrogen) atoms. The van der Waals surface area contributed by atoms with Gasteiger partial charge in [0.2, 0.25) is 0 Å². The number of carbonyl (C=O) groups excluding carboxylic acids is 3. The van der Waals surface area contributed by atoms with E-state index in [9.17, 15) is 14.4 Å². The lowest BCUT2D eigenvalue weighted by atomic mass is 9.87. The van der Waals surface area contributed by atoms with Gasteiger partial charge < -0.3 is 20.2 Å². The number of aromatic nitrogens is 2. The van der Waals surface area contributed by atoms with Crippen LogP contribution in [0.15, 0.2) is 79.3 Å². The van der Waals surface area contributed by atoms with Crippen LogP contribution in [0.1, 0.15) is 54.5 Å². The van der Waals surface area contributed by atoms with Crippen molar-refractivity contribution in [3.05, 3.63) is 102 Å². The second-order valence-electron chi connectivity index (χ2n) is 9.73. The molecule has 4 aromatic rings. The molecule has 3 N–H and O–H groups in total. The minimum Gasteiger partial charge on any atom is -0.463 e. The fraction of sp³-hybridized carbons (Fsp3) is 0.267. The molecule has 196 valence electrons. The number of fused-ring (bicyclic) bond motifs is 1. The zero-order valence-electron chi connectivity index (χ0n) is 21.6. The van der Waals surface area contributed by atoms with Gasteiger partial charge in [0.15, 0.2) is 0 Å². The molecule has 0 aliphatic carbocycles. The zero-order chi connectivity index (χ0) is 27.3. The number of para-hydroxylation sites is 1. The Labute approximate surface area is 221 Å². The van der Waals surface area contributed by atoms with E-state index in [1.165, 1.54) is 7.11 Å². The van der Waals surface area contributed by atoms with E-state index in [-0.39, 0.29) is 0 Å². The molecule has 0 amide bonds. The van der Waals surface area contributed by atoms with Crippen molar-refractivity contribution in [1.29, 1.82) is 0 Å². The van der Waals surface area contributed by atoms with Gasteiger partial charge in [0, 0.05) is 29.5 Å². The molecule has 0 aliphatic heterocycles. The highest BCUT2D eigenvalue weighted by molar-refractivity contribution is 6.37. The van der Waals surface area contributed by atoms with Gasteiger partial charge in [0.05, 0.1) is 18.5 Å². The van der Waals surface area contributed by atoms with Gasteiger partial charge in [-0.05, 0) is 55.5 Å². The number of hydrogen-bond acceptors (Lipinski definition) is 7. The van der Waals surface area contributed by atoms with Crippen molar-refractivity contribution in [3.63, 3.8) is 0 Å². The Morgan fingerprint density at radius 2 is 1.68 bits per heavy atom. The number of methoxy groups -OCH3 is 1. The molecular weight excluding hydrogens is 482 g/mol. The monoisotopic (exact) mass is 513 g/mol. The van der Waals surface area contributed by atoms with Crippen LogP contribution in [0, 0.1) is 0 Å². The van der Waals surface area contributed by atoms with Gasteiger partial charge in [-0.1, -0.05) is 48.5 Å². The number of ketones is 1. The van der Waals surface area contributed by atoms with Crippen molar-refractivity contribution in [2.75, 3.05) is 7.11 Å².